The smallest absolute Gasteiger partial charge is 0.0358 e. The first kappa shape index (κ1) is 16.9. The summed E-state index contributed by atoms with van der Waals surface area (Å²) < 4.78 is 0. The normalized spacial score (nSPS) is 22.9. The van der Waals surface area contributed by atoms with E-state index in [1.807, 2.05) is 0 Å². The first-order chi connectivity index (χ1) is 10.2. The highest BCUT2D eigenvalue weighted by Crippen LogP contribution is 2.25. The molecule has 0 saturated carbocycles. The van der Waals surface area contributed by atoms with Gasteiger partial charge in [-0.25, -0.2) is 0 Å². The second-order valence-electron chi connectivity index (χ2n) is 6.26. The van der Waals surface area contributed by atoms with Crippen LogP contribution < -0.4 is 5.32 Å². The molecule has 21 heavy (non-hydrogen) atoms. The number of nitrogens with zero attached hydrogens (tertiary/aromatic N) is 1. The number of hydrogen-bond acceptors (Lipinski definition) is 3. The molecule has 118 valence electrons. The van der Waals surface area contributed by atoms with E-state index >= 15 is 0 Å². The van der Waals surface area contributed by atoms with E-state index in [9.17, 15) is 0 Å². The van der Waals surface area contributed by atoms with Gasteiger partial charge in [-0.15, -0.1) is 0 Å². The summed E-state index contributed by atoms with van der Waals surface area (Å²) in [5, 5.41) is 4.54. The van der Waals surface area contributed by atoms with Crippen molar-refractivity contribution in [2.75, 3.05) is 31.9 Å². The monoisotopic (exact) mass is 306 g/mol. The second-order valence-corrected chi connectivity index (χ2v) is 7.81. The molecule has 0 radical (unpaired) electrons. The van der Waals surface area contributed by atoms with Gasteiger partial charge in [0.2, 0.25) is 0 Å². The highest BCUT2D eigenvalue weighted by atomic mass is 32.2. The average Bonchev–Trinajstić information content (AvgIpc) is 2.49. The zero-order valence-electron chi connectivity index (χ0n) is 13.7. The third-order valence-corrected chi connectivity index (χ3v) is 5.35. The molecule has 2 rings (SSSR count). The van der Waals surface area contributed by atoms with Crippen molar-refractivity contribution in [3.05, 3.63) is 35.9 Å². The number of thioether (sulfide) groups is 1. The van der Waals surface area contributed by atoms with E-state index in [1.54, 1.807) is 0 Å². The van der Waals surface area contributed by atoms with Crippen LogP contribution in [0.1, 0.15) is 38.8 Å². The minimum atomic E-state index is 0.469. The van der Waals surface area contributed by atoms with Crippen LogP contribution in [0.3, 0.4) is 0 Å². The SMILES string of the molecule is CCCNC(c1ccccc1)C(C)CN1CCSC(C)C1. The van der Waals surface area contributed by atoms with Gasteiger partial charge in [-0.2, -0.15) is 11.8 Å². The molecule has 0 amide bonds. The summed E-state index contributed by atoms with van der Waals surface area (Å²) in [7, 11) is 0. The number of hydrogen-bond donors (Lipinski definition) is 1. The highest BCUT2D eigenvalue weighted by Gasteiger charge is 2.23. The van der Waals surface area contributed by atoms with Crippen molar-refractivity contribution in [1.82, 2.24) is 10.2 Å². The molecule has 3 unspecified atom stereocenters. The van der Waals surface area contributed by atoms with E-state index in [4.69, 9.17) is 0 Å². The van der Waals surface area contributed by atoms with Crippen molar-refractivity contribution in [1.29, 1.82) is 0 Å². The maximum Gasteiger partial charge on any atom is 0.0358 e. The van der Waals surface area contributed by atoms with Gasteiger partial charge >= 0.3 is 0 Å². The Morgan fingerprint density at radius 1 is 1.33 bits per heavy atom. The third-order valence-electron chi connectivity index (χ3n) is 4.21. The molecule has 1 aliphatic rings. The summed E-state index contributed by atoms with van der Waals surface area (Å²) in [5.74, 6) is 1.92. The third kappa shape index (κ3) is 5.32. The lowest BCUT2D eigenvalue weighted by Crippen LogP contribution is -2.42. The van der Waals surface area contributed by atoms with Crippen LogP contribution in [0.25, 0.3) is 0 Å². The van der Waals surface area contributed by atoms with Crippen LogP contribution in [-0.2, 0) is 0 Å². The molecule has 3 atom stereocenters. The van der Waals surface area contributed by atoms with Crippen LogP contribution in [0.4, 0.5) is 0 Å². The van der Waals surface area contributed by atoms with Crippen LogP contribution in [-0.4, -0.2) is 42.1 Å². The number of rotatable bonds is 7. The standard InChI is InChI=1S/C18H30N2S/c1-4-10-19-18(17-8-6-5-7-9-17)15(2)13-20-11-12-21-16(3)14-20/h5-9,15-16,18-19H,4,10-14H2,1-3H3. The summed E-state index contributed by atoms with van der Waals surface area (Å²) in [6.45, 7) is 11.8. The molecule has 1 aromatic carbocycles. The number of benzene rings is 1. The van der Waals surface area contributed by atoms with Crippen molar-refractivity contribution >= 4 is 11.8 Å². The Labute approximate surface area is 134 Å². The molecule has 0 aliphatic carbocycles. The predicted octanol–water partition coefficient (Wildman–Crippen LogP) is 3.80. The number of nitrogens with one attached hydrogen (secondary N) is 1. The molecule has 0 aromatic heterocycles. The Kier molecular flexibility index (Phi) is 7.08. The van der Waals surface area contributed by atoms with Crippen molar-refractivity contribution in [3.63, 3.8) is 0 Å². The lowest BCUT2D eigenvalue weighted by Gasteiger charge is -2.35. The zero-order valence-corrected chi connectivity index (χ0v) is 14.5. The van der Waals surface area contributed by atoms with E-state index in [-0.39, 0.29) is 0 Å². The largest absolute Gasteiger partial charge is 0.310 e. The van der Waals surface area contributed by atoms with Gasteiger partial charge in [0.05, 0.1) is 0 Å². The Balaban J connectivity index is 1.98. The van der Waals surface area contributed by atoms with Crippen LogP contribution in [0.5, 0.6) is 0 Å². The Hall–Kier alpha value is -0.510. The minimum absolute atomic E-state index is 0.469. The van der Waals surface area contributed by atoms with Gasteiger partial charge in [-0.1, -0.05) is 51.1 Å². The van der Waals surface area contributed by atoms with E-state index in [2.05, 4.69) is 73.1 Å². The first-order valence-electron chi connectivity index (χ1n) is 8.33. The van der Waals surface area contributed by atoms with E-state index in [0.29, 0.717) is 12.0 Å². The van der Waals surface area contributed by atoms with Crippen LogP contribution in [0.15, 0.2) is 30.3 Å². The molecule has 1 fully saturated rings. The van der Waals surface area contributed by atoms with Crippen LogP contribution in [0, 0.1) is 5.92 Å². The molecule has 0 bridgehead atoms. The van der Waals surface area contributed by atoms with Gasteiger partial charge in [-0.3, -0.25) is 0 Å². The summed E-state index contributed by atoms with van der Waals surface area (Å²) in [6.07, 6.45) is 1.19. The van der Waals surface area contributed by atoms with Crippen molar-refractivity contribution in [2.24, 2.45) is 5.92 Å². The van der Waals surface area contributed by atoms with E-state index < -0.39 is 0 Å². The lowest BCUT2D eigenvalue weighted by molar-refractivity contribution is 0.218. The summed E-state index contributed by atoms with van der Waals surface area (Å²) in [4.78, 5) is 2.65. The molecule has 0 spiro atoms. The molecule has 2 nitrogen and oxygen atoms in total. The van der Waals surface area contributed by atoms with Gasteiger partial charge in [0.25, 0.3) is 0 Å². The Morgan fingerprint density at radius 3 is 2.76 bits per heavy atom. The van der Waals surface area contributed by atoms with Gasteiger partial charge in [-0.05, 0) is 24.4 Å². The zero-order chi connectivity index (χ0) is 15.1. The second kappa shape index (κ2) is 8.82. The quantitative estimate of drug-likeness (QED) is 0.825. The Morgan fingerprint density at radius 2 is 2.10 bits per heavy atom. The average molecular weight is 307 g/mol. The van der Waals surface area contributed by atoms with E-state index in [1.165, 1.54) is 37.4 Å². The molecule has 3 heteroatoms. The lowest BCUT2D eigenvalue weighted by atomic mass is 9.93. The van der Waals surface area contributed by atoms with Gasteiger partial charge in [0, 0.05) is 36.7 Å². The van der Waals surface area contributed by atoms with Crippen molar-refractivity contribution in [2.45, 2.75) is 38.5 Å². The highest BCUT2D eigenvalue weighted by molar-refractivity contribution is 7.99. The fourth-order valence-corrected chi connectivity index (χ4v) is 4.26. The summed E-state index contributed by atoms with van der Waals surface area (Å²) in [6, 6.07) is 11.4. The Bertz CT molecular complexity index is 395. The van der Waals surface area contributed by atoms with Gasteiger partial charge < -0.3 is 10.2 Å². The molecule has 1 aliphatic heterocycles. The van der Waals surface area contributed by atoms with Crippen LogP contribution >= 0.6 is 11.8 Å². The summed E-state index contributed by atoms with van der Waals surface area (Å²) >= 11 is 2.11. The van der Waals surface area contributed by atoms with Crippen LogP contribution in [0.2, 0.25) is 0 Å². The molecule has 1 aromatic rings. The van der Waals surface area contributed by atoms with Crippen molar-refractivity contribution < 1.29 is 0 Å². The van der Waals surface area contributed by atoms with Gasteiger partial charge in [0.15, 0.2) is 0 Å². The fourth-order valence-electron chi connectivity index (χ4n) is 3.18. The maximum atomic E-state index is 3.75. The van der Waals surface area contributed by atoms with Gasteiger partial charge in [0.1, 0.15) is 0 Å². The topological polar surface area (TPSA) is 15.3 Å². The molecule has 1 heterocycles. The predicted molar refractivity (Wildman–Crippen MR) is 95.0 cm³/mol. The molecular weight excluding hydrogens is 276 g/mol. The molecule has 1 N–H and O–H groups in total. The molecule has 1 saturated heterocycles. The summed E-state index contributed by atoms with van der Waals surface area (Å²) in [5.41, 5.74) is 1.43. The first-order valence-corrected chi connectivity index (χ1v) is 9.38. The minimum Gasteiger partial charge on any atom is -0.310 e. The fraction of sp³-hybridized carbons (Fsp3) is 0.667. The molecular formula is C18H30N2S. The maximum absolute atomic E-state index is 3.75. The van der Waals surface area contributed by atoms with Crippen molar-refractivity contribution in [3.8, 4) is 0 Å². The van der Waals surface area contributed by atoms with E-state index in [0.717, 1.165) is 11.8 Å².